The first-order valence-corrected chi connectivity index (χ1v) is 8.05. The van der Waals surface area contributed by atoms with Crippen molar-refractivity contribution in [1.82, 2.24) is 0 Å². The Balaban J connectivity index is 3.03. The molecule has 0 heterocycles. The monoisotopic (exact) mass is 366 g/mol. The van der Waals surface area contributed by atoms with Crippen LogP contribution < -0.4 is 15.4 Å². The lowest BCUT2D eigenvalue weighted by Gasteiger charge is -2.20. The molecule has 1 rings (SSSR count). The van der Waals surface area contributed by atoms with Crippen molar-refractivity contribution in [1.29, 1.82) is 0 Å². The van der Waals surface area contributed by atoms with E-state index in [1.807, 2.05) is 0 Å². The van der Waals surface area contributed by atoms with Gasteiger partial charge >= 0.3 is 0 Å². The summed E-state index contributed by atoms with van der Waals surface area (Å²) >= 11 is 5.99. The van der Waals surface area contributed by atoms with Crippen molar-refractivity contribution < 1.29 is 19.1 Å². The summed E-state index contributed by atoms with van der Waals surface area (Å²) in [5, 5.41) is 3.87. The van der Waals surface area contributed by atoms with E-state index in [4.69, 9.17) is 16.3 Å². The molecule has 0 saturated carbocycles. The highest BCUT2D eigenvalue weighted by molar-refractivity contribution is 6.43. The molecule has 0 fully saturated rings. The van der Waals surface area contributed by atoms with Crippen LogP contribution in [-0.4, -0.2) is 30.1 Å². The Kier molecular flexibility index (Phi) is 6.76. The van der Waals surface area contributed by atoms with Crippen LogP contribution in [0.4, 0.5) is 11.4 Å². The van der Waals surface area contributed by atoms with Gasteiger partial charge in [-0.25, -0.2) is 0 Å². The summed E-state index contributed by atoms with van der Waals surface area (Å²) in [6.45, 7) is 10.2. The van der Waals surface area contributed by atoms with Crippen LogP contribution in [0.25, 0.3) is 0 Å². The lowest BCUT2D eigenvalue weighted by molar-refractivity contribution is -0.130. The van der Waals surface area contributed by atoms with E-state index in [-0.39, 0.29) is 5.91 Å². The van der Waals surface area contributed by atoms with Crippen molar-refractivity contribution in [3.8, 4) is 5.75 Å². The molecule has 0 bridgehead atoms. The first-order chi connectivity index (χ1) is 11.5. The number of Topliss-reactive ketones (excluding diaryl/α,β-unsaturated/α-hetero) is 1. The maximum Gasteiger partial charge on any atom is 0.250 e. The number of anilines is 2. The van der Waals surface area contributed by atoms with Gasteiger partial charge < -0.3 is 15.4 Å². The molecule has 0 aromatic heterocycles. The Labute approximate surface area is 152 Å². The summed E-state index contributed by atoms with van der Waals surface area (Å²) in [6, 6.07) is 4.72. The predicted molar refractivity (Wildman–Crippen MR) is 99.2 cm³/mol. The quantitative estimate of drug-likeness (QED) is 0.459. The molecule has 25 heavy (non-hydrogen) atoms. The SMILES string of the molecule is C=C(C)C(=O)Nc1ccc(OC)c(NC(=O)C(Cl)C(=O)C(C)(C)C)c1. The minimum Gasteiger partial charge on any atom is -0.495 e. The molecule has 0 aliphatic rings. The summed E-state index contributed by atoms with van der Waals surface area (Å²) in [5.41, 5.74) is 0.334. The first-order valence-electron chi connectivity index (χ1n) is 7.61. The van der Waals surface area contributed by atoms with Crippen molar-refractivity contribution in [3.63, 3.8) is 0 Å². The van der Waals surface area contributed by atoms with Crippen molar-refractivity contribution in [3.05, 3.63) is 30.4 Å². The largest absolute Gasteiger partial charge is 0.495 e. The van der Waals surface area contributed by atoms with Gasteiger partial charge in [-0.05, 0) is 25.1 Å². The highest BCUT2D eigenvalue weighted by atomic mass is 35.5. The maximum absolute atomic E-state index is 12.3. The van der Waals surface area contributed by atoms with Crippen LogP contribution in [0.15, 0.2) is 30.4 Å². The van der Waals surface area contributed by atoms with Crippen molar-refractivity contribution in [2.45, 2.75) is 33.1 Å². The van der Waals surface area contributed by atoms with Crippen LogP contribution >= 0.6 is 11.6 Å². The smallest absolute Gasteiger partial charge is 0.250 e. The van der Waals surface area contributed by atoms with Gasteiger partial charge in [-0.15, -0.1) is 11.6 Å². The summed E-state index contributed by atoms with van der Waals surface area (Å²) < 4.78 is 5.19. The number of alkyl halides is 1. The third-order valence-electron chi connectivity index (χ3n) is 3.30. The van der Waals surface area contributed by atoms with Crippen LogP contribution in [-0.2, 0) is 14.4 Å². The van der Waals surface area contributed by atoms with Crippen LogP contribution in [0.5, 0.6) is 5.75 Å². The van der Waals surface area contributed by atoms with E-state index in [2.05, 4.69) is 17.2 Å². The standard InChI is InChI=1S/C18H23ClN2O4/c1-10(2)16(23)20-11-7-8-13(25-6)12(9-11)21-17(24)14(19)15(22)18(3,4)5/h7-9,14H,1H2,2-6H3,(H,20,23)(H,21,24). The molecule has 1 aromatic rings. The lowest BCUT2D eigenvalue weighted by Crippen LogP contribution is -2.37. The van der Waals surface area contributed by atoms with E-state index in [9.17, 15) is 14.4 Å². The highest BCUT2D eigenvalue weighted by Crippen LogP contribution is 2.29. The van der Waals surface area contributed by atoms with E-state index >= 15 is 0 Å². The maximum atomic E-state index is 12.3. The molecule has 6 nitrogen and oxygen atoms in total. The van der Waals surface area contributed by atoms with E-state index in [1.165, 1.54) is 13.2 Å². The highest BCUT2D eigenvalue weighted by Gasteiger charge is 2.33. The van der Waals surface area contributed by atoms with Gasteiger partial charge in [0, 0.05) is 16.7 Å². The lowest BCUT2D eigenvalue weighted by atomic mass is 9.88. The number of carbonyl (C=O) groups excluding carboxylic acids is 3. The van der Waals surface area contributed by atoms with Crippen LogP contribution in [0.2, 0.25) is 0 Å². The molecule has 0 aliphatic carbocycles. The average molecular weight is 367 g/mol. The molecule has 1 aromatic carbocycles. The minimum absolute atomic E-state index is 0.291. The number of ether oxygens (including phenoxy) is 1. The number of methoxy groups -OCH3 is 1. The summed E-state index contributed by atoms with van der Waals surface area (Å²) in [4.78, 5) is 36.1. The van der Waals surface area contributed by atoms with Crippen molar-refractivity contribution in [2.75, 3.05) is 17.7 Å². The average Bonchev–Trinajstić information content (AvgIpc) is 2.52. The van der Waals surface area contributed by atoms with E-state index in [0.717, 1.165) is 0 Å². The molecule has 0 spiro atoms. The van der Waals surface area contributed by atoms with Gasteiger partial charge in [-0.2, -0.15) is 0 Å². The number of nitrogens with one attached hydrogen (secondary N) is 2. The third-order valence-corrected chi connectivity index (χ3v) is 3.70. The van der Waals surface area contributed by atoms with Crippen LogP contribution in [0.3, 0.4) is 0 Å². The van der Waals surface area contributed by atoms with E-state index < -0.39 is 22.5 Å². The molecule has 0 aliphatic heterocycles. The molecule has 136 valence electrons. The number of rotatable bonds is 6. The molecular weight excluding hydrogens is 344 g/mol. The molecule has 1 unspecified atom stereocenters. The summed E-state index contributed by atoms with van der Waals surface area (Å²) in [5.74, 6) is -1.03. The second-order valence-electron chi connectivity index (χ2n) is 6.62. The fraction of sp³-hybridized carbons (Fsp3) is 0.389. The topological polar surface area (TPSA) is 84.5 Å². The molecule has 7 heteroatoms. The van der Waals surface area contributed by atoms with Gasteiger partial charge in [0.25, 0.3) is 5.91 Å². The van der Waals surface area contributed by atoms with Gasteiger partial charge in [0.1, 0.15) is 5.75 Å². The number of amides is 2. The summed E-state index contributed by atoms with van der Waals surface area (Å²) in [7, 11) is 1.44. The predicted octanol–water partition coefficient (Wildman–Crippen LogP) is 3.37. The van der Waals surface area contributed by atoms with Gasteiger partial charge in [0.2, 0.25) is 5.91 Å². The van der Waals surface area contributed by atoms with Gasteiger partial charge in [-0.1, -0.05) is 27.4 Å². The number of carbonyl (C=O) groups is 3. The molecular formula is C18H23ClN2O4. The van der Waals surface area contributed by atoms with Gasteiger partial charge in [0.15, 0.2) is 11.2 Å². The molecule has 1 atom stereocenters. The number of ketones is 1. The fourth-order valence-corrected chi connectivity index (χ4v) is 2.20. The van der Waals surface area contributed by atoms with Crippen molar-refractivity contribution >= 4 is 40.6 Å². The molecule has 0 radical (unpaired) electrons. The van der Waals surface area contributed by atoms with Gasteiger partial charge in [0.05, 0.1) is 12.8 Å². The Bertz CT molecular complexity index is 708. The minimum atomic E-state index is -1.33. The molecule has 2 N–H and O–H groups in total. The summed E-state index contributed by atoms with van der Waals surface area (Å²) in [6.07, 6.45) is 0. The second-order valence-corrected chi connectivity index (χ2v) is 7.05. The Morgan fingerprint density at radius 3 is 2.28 bits per heavy atom. The molecule has 2 amide bonds. The number of halogens is 1. The van der Waals surface area contributed by atoms with E-state index in [1.54, 1.807) is 39.8 Å². The second kappa shape index (κ2) is 8.16. The zero-order valence-corrected chi connectivity index (χ0v) is 15.8. The van der Waals surface area contributed by atoms with Gasteiger partial charge in [-0.3, -0.25) is 14.4 Å². The van der Waals surface area contributed by atoms with Crippen molar-refractivity contribution in [2.24, 2.45) is 5.41 Å². The Morgan fingerprint density at radius 2 is 1.80 bits per heavy atom. The number of benzene rings is 1. The van der Waals surface area contributed by atoms with Crippen LogP contribution in [0.1, 0.15) is 27.7 Å². The van der Waals surface area contributed by atoms with E-state index in [0.29, 0.717) is 22.7 Å². The Morgan fingerprint density at radius 1 is 1.20 bits per heavy atom. The first kappa shape index (κ1) is 20.7. The molecule has 0 saturated heterocycles. The number of hydrogen-bond donors (Lipinski definition) is 2. The third kappa shape index (κ3) is 5.60. The number of hydrogen-bond acceptors (Lipinski definition) is 4. The van der Waals surface area contributed by atoms with Crippen LogP contribution in [0, 0.1) is 5.41 Å². The fourth-order valence-electron chi connectivity index (χ4n) is 1.82. The zero-order valence-electron chi connectivity index (χ0n) is 15.0. The Hall–Kier alpha value is -2.34. The normalized spacial score (nSPS) is 12.1. The zero-order chi connectivity index (χ0) is 19.4.